The summed E-state index contributed by atoms with van der Waals surface area (Å²) in [6.07, 6.45) is 9.15. The summed E-state index contributed by atoms with van der Waals surface area (Å²) >= 11 is 1.73. The van der Waals surface area contributed by atoms with E-state index >= 15 is 0 Å². The van der Waals surface area contributed by atoms with E-state index in [1.165, 1.54) is 42.4 Å². The van der Waals surface area contributed by atoms with Gasteiger partial charge in [0.25, 0.3) is 0 Å². The summed E-state index contributed by atoms with van der Waals surface area (Å²) in [6.45, 7) is 2.13. The van der Waals surface area contributed by atoms with E-state index in [1.807, 2.05) is 6.07 Å². The fourth-order valence-corrected chi connectivity index (χ4v) is 4.70. The summed E-state index contributed by atoms with van der Waals surface area (Å²) < 4.78 is 1.16. The van der Waals surface area contributed by atoms with E-state index in [9.17, 15) is 4.79 Å². The molecule has 28 heavy (non-hydrogen) atoms. The molecule has 2 fully saturated rings. The number of aryl methyl sites for hydroxylation is 3. The Kier molecular flexibility index (Phi) is 4.63. The van der Waals surface area contributed by atoms with Gasteiger partial charge in [0.15, 0.2) is 5.78 Å². The molecule has 0 saturated heterocycles. The third-order valence-electron chi connectivity index (χ3n) is 5.85. The van der Waals surface area contributed by atoms with Gasteiger partial charge in [-0.25, -0.2) is 9.97 Å². The third-order valence-corrected chi connectivity index (χ3v) is 6.88. The molecule has 0 bridgehead atoms. The van der Waals surface area contributed by atoms with Crippen LogP contribution in [0.15, 0.2) is 29.9 Å². The molecule has 0 spiro atoms. The van der Waals surface area contributed by atoms with E-state index in [1.54, 1.807) is 17.7 Å². The minimum absolute atomic E-state index is 0.299. The third kappa shape index (κ3) is 3.81. The average molecular weight is 392 g/mol. The quantitative estimate of drug-likeness (QED) is 0.527. The second-order valence-corrected chi connectivity index (χ2v) is 9.17. The lowest BCUT2D eigenvalue weighted by Gasteiger charge is -2.09. The number of hydrogen-bond donors (Lipinski definition) is 1. The normalized spacial score (nSPS) is 16.5. The Morgan fingerprint density at radius 3 is 2.75 bits per heavy atom. The Morgan fingerprint density at radius 1 is 1.14 bits per heavy atom. The molecule has 4 nitrogen and oxygen atoms in total. The lowest BCUT2D eigenvalue weighted by atomic mass is 9.96. The second-order valence-electron chi connectivity index (χ2n) is 8.29. The molecular weight excluding hydrogens is 366 g/mol. The number of carbonyl (C=O) groups excluding carboxylic acids is 1. The first-order valence-electron chi connectivity index (χ1n) is 10.3. The number of fused-ring (bicyclic) bond motifs is 1. The van der Waals surface area contributed by atoms with Gasteiger partial charge >= 0.3 is 0 Å². The first-order chi connectivity index (χ1) is 13.7. The number of hydrogen-bond acceptors (Lipinski definition) is 5. The van der Waals surface area contributed by atoms with Crippen molar-refractivity contribution in [3.8, 4) is 0 Å². The monoisotopic (exact) mass is 391 g/mol. The zero-order valence-corrected chi connectivity index (χ0v) is 17.0. The first kappa shape index (κ1) is 17.8. The highest BCUT2D eigenvalue weighted by molar-refractivity contribution is 7.18. The second kappa shape index (κ2) is 7.28. The van der Waals surface area contributed by atoms with Crippen molar-refractivity contribution in [1.82, 2.24) is 9.97 Å². The standard InChI is InChI=1S/C23H25N3OS/c1-14-2-5-17(20(27)10-15-3-4-15)11-16(14)6-7-18-12-28-22-21(18)24-13-25-23(22)26-19-8-9-19/h2,5,11-13,15,19H,3-4,6-10H2,1H3,(H,24,25,26). The van der Waals surface area contributed by atoms with Gasteiger partial charge in [-0.3, -0.25) is 4.79 Å². The fraction of sp³-hybridized carbons (Fsp3) is 0.435. The van der Waals surface area contributed by atoms with Crippen LogP contribution in [0.1, 0.15) is 59.2 Å². The van der Waals surface area contributed by atoms with E-state index in [2.05, 4.69) is 39.7 Å². The van der Waals surface area contributed by atoms with Gasteiger partial charge in [-0.2, -0.15) is 0 Å². The predicted molar refractivity (Wildman–Crippen MR) is 114 cm³/mol. The number of thiophene rings is 1. The Labute approximate surface area is 169 Å². The van der Waals surface area contributed by atoms with Crippen LogP contribution in [-0.4, -0.2) is 21.8 Å². The minimum atomic E-state index is 0.299. The molecule has 0 atom stereocenters. The van der Waals surface area contributed by atoms with E-state index in [4.69, 9.17) is 0 Å². The van der Waals surface area contributed by atoms with E-state index < -0.39 is 0 Å². The molecule has 3 aromatic rings. The molecular formula is C23H25N3OS. The topological polar surface area (TPSA) is 54.9 Å². The first-order valence-corrected chi connectivity index (χ1v) is 11.2. The Hall–Kier alpha value is -2.27. The van der Waals surface area contributed by atoms with Crippen molar-refractivity contribution >= 4 is 33.2 Å². The van der Waals surface area contributed by atoms with Gasteiger partial charge in [-0.15, -0.1) is 11.3 Å². The highest BCUT2D eigenvalue weighted by Crippen LogP contribution is 2.34. The van der Waals surface area contributed by atoms with Gasteiger partial charge in [-0.1, -0.05) is 12.1 Å². The summed E-state index contributed by atoms with van der Waals surface area (Å²) in [5.74, 6) is 1.91. The molecule has 2 aliphatic rings. The summed E-state index contributed by atoms with van der Waals surface area (Å²) in [6, 6.07) is 6.79. The van der Waals surface area contributed by atoms with Gasteiger partial charge in [0.1, 0.15) is 12.1 Å². The maximum Gasteiger partial charge on any atom is 0.163 e. The number of aromatic nitrogens is 2. The highest BCUT2D eigenvalue weighted by atomic mass is 32.1. The molecule has 2 aliphatic carbocycles. The van der Waals surface area contributed by atoms with Crippen LogP contribution >= 0.6 is 11.3 Å². The van der Waals surface area contributed by atoms with Gasteiger partial charge in [0.05, 0.1) is 10.2 Å². The lowest BCUT2D eigenvalue weighted by Crippen LogP contribution is -2.04. The number of nitrogens with zero attached hydrogens (tertiary/aromatic N) is 2. The van der Waals surface area contributed by atoms with Gasteiger partial charge in [-0.05, 0) is 79.5 Å². The number of ketones is 1. The predicted octanol–water partition coefficient (Wildman–Crippen LogP) is 5.34. The van der Waals surface area contributed by atoms with Crippen molar-refractivity contribution in [2.75, 3.05) is 5.32 Å². The Bertz CT molecular complexity index is 1030. The summed E-state index contributed by atoms with van der Waals surface area (Å²) in [5.41, 5.74) is 5.75. The molecule has 1 N–H and O–H groups in total. The number of carbonyl (C=O) groups is 1. The smallest absolute Gasteiger partial charge is 0.163 e. The van der Waals surface area contributed by atoms with E-state index in [0.717, 1.165) is 34.4 Å². The number of anilines is 1. The highest BCUT2D eigenvalue weighted by Gasteiger charge is 2.25. The minimum Gasteiger partial charge on any atom is -0.366 e. The zero-order chi connectivity index (χ0) is 19.1. The fourth-order valence-electron chi connectivity index (χ4n) is 3.69. The van der Waals surface area contributed by atoms with Gasteiger partial charge in [0, 0.05) is 18.0 Å². The SMILES string of the molecule is Cc1ccc(C(=O)CC2CC2)cc1CCc1csc2c(NC3CC3)ncnc12. The summed E-state index contributed by atoms with van der Waals surface area (Å²) in [7, 11) is 0. The Balaban J connectivity index is 1.33. The molecule has 2 saturated carbocycles. The van der Waals surface area contributed by atoms with Crippen molar-refractivity contribution in [3.05, 3.63) is 52.2 Å². The maximum atomic E-state index is 12.5. The molecule has 5 rings (SSSR count). The Morgan fingerprint density at radius 2 is 1.96 bits per heavy atom. The van der Waals surface area contributed by atoms with Crippen LogP contribution in [0.5, 0.6) is 0 Å². The maximum absolute atomic E-state index is 12.5. The van der Waals surface area contributed by atoms with Crippen molar-refractivity contribution < 1.29 is 4.79 Å². The van der Waals surface area contributed by atoms with Crippen LogP contribution in [0.4, 0.5) is 5.82 Å². The van der Waals surface area contributed by atoms with Crippen LogP contribution in [0.25, 0.3) is 10.2 Å². The van der Waals surface area contributed by atoms with E-state index in [0.29, 0.717) is 24.2 Å². The molecule has 0 amide bonds. The number of benzene rings is 1. The zero-order valence-electron chi connectivity index (χ0n) is 16.2. The summed E-state index contributed by atoms with van der Waals surface area (Å²) in [4.78, 5) is 21.5. The van der Waals surface area contributed by atoms with E-state index in [-0.39, 0.29) is 0 Å². The van der Waals surface area contributed by atoms with Crippen LogP contribution in [-0.2, 0) is 12.8 Å². The number of Topliss-reactive ketones (excluding diaryl/α,β-unsaturated/α-hetero) is 1. The molecule has 0 aliphatic heterocycles. The lowest BCUT2D eigenvalue weighted by molar-refractivity contribution is 0.0976. The molecule has 2 heterocycles. The van der Waals surface area contributed by atoms with Gasteiger partial charge < -0.3 is 5.32 Å². The van der Waals surface area contributed by atoms with Crippen LogP contribution in [0.2, 0.25) is 0 Å². The number of rotatable bonds is 8. The molecule has 0 radical (unpaired) electrons. The average Bonchev–Trinajstić information content (AvgIpc) is 3.62. The molecule has 2 aromatic heterocycles. The molecule has 144 valence electrons. The molecule has 5 heteroatoms. The van der Waals surface area contributed by atoms with Crippen LogP contribution in [0, 0.1) is 12.8 Å². The number of nitrogens with one attached hydrogen (secondary N) is 1. The van der Waals surface area contributed by atoms with Crippen molar-refractivity contribution in [1.29, 1.82) is 0 Å². The molecule has 1 aromatic carbocycles. The van der Waals surface area contributed by atoms with Crippen molar-refractivity contribution in [2.24, 2.45) is 5.92 Å². The summed E-state index contributed by atoms with van der Waals surface area (Å²) in [5, 5.41) is 5.73. The van der Waals surface area contributed by atoms with Crippen molar-refractivity contribution in [3.63, 3.8) is 0 Å². The molecule has 0 unspecified atom stereocenters. The van der Waals surface area contributed by atoms with Crippen LogP contribution in [0.3, 0.4) is 0 Å². The van der Waals surface area contributed by atoms with Crippen LogP contribution < -0.4 is 5.32 Å². The van der Waals surface area contributed by atoms with Gasteiger partial charge in [0.2, 0.25) is 0 Å². The largest absolute Gasteiger partial charge is 0.366 e. The van der Waals surface area contributed by atoms with Crippen molar-refractivity contribution in [2.45, 2.75) is 57.9 Å².